The number of nitrogen functional groups attached to an aromatic ring is 1. The van der Waals surface area contributed by atoms with Gasteiger partial charge in [-0.2, -0.15) is 0 Å². The van der Waals surface area contributed by atoms with Gasteiger partial charge in [-0.25, -0.2) is 14.4 Å². The van der Waals surface area contributed by atoms with Gasteiger partial charge in [0.2, 0.25) is 0 Å². The van der Waals surface area contributed by atoms with Gasteiger partial charge in [-0.1, -0.05) is 23.2 Å². The molecule has 3 N–H and O–H groups in total. The molecule has 9 heteroatoms. The molecule has 0 aliphatic carbocycles. The van der Waals surface area contributed by atoms with Crippen LogP contribution in [-0.2, 0) is 0 Å². The molecule has 0 bridgehead atoms. The summed E-state index contributed by atoms with van der Waals surface area (Å²) in [7, 11) is 0. The molecule has 1 aliphatic heterocycles. The Labute approximate surface area is 178 Å². The first-order valence-electron chi connectivity index (χ1n) is 9.09. The maximum Gasteiger partial charge on any atom is 0.159 e. The molecular formula is C20H19Cl2FN6. The van der Waals surface area contributed by atoms with Crippen molar-refractivity contribution < 1.29 is 4.39 Å². The number of halogens is 3. The first-order valence-corrected chi connectivity index (χ1v) is 9.85. The monoisotopic (exact) mass is 432 g/mol. The molecule has 1 aliphatic rings. The average Bonchev–Trinajstić information content (AvgIpc) is 2.72. The van der Waals surface area contributed by atoms with E-state index in [4.69, 9.17) is 28.9 Å². The fourth-order valence-electron chi connectivity index (χ4n) is 3.28. The van der Waals surface area contributed by atoms with Gasteiger partial charge in [-0.3, -0.25) is 0 Å². The summed E-state index contributed by atoms with van der Waals surface area (Å²) in [6.45, 7) is 3.03. The lowest BCUT2D eigenvalue weighted by Gasteiger charge is -2.37. The van der Waals surface area contributed by atoms with E-state index in [2.05, 4.69) is 25.1 Å². The van der Waals surface area contributed by atoms with Crippen molar-refractivity contribution in [2.45, 2.75) is 0 Å². The third-order valence-electron chi connectivity index (χ3n) is 4.82. The summed E-state index contributed by atoms with van der Waals surface area (Å²) in [4.78, 5) is 13.0. The predicted octanol–water partition coefficient (Wildman–Crippen LogP) is 4.57. The van der Waals surface area contributed by atoms with Crippen molar-refractivity contribution in [3.8, 4) is 0 Å². The highest BCUT2D eigenvalue weighted by Gasteiger charge is 2.22. The van der Waals surface area contributed by atoms with Crippen LogP contribution in [0.1, 0.15) is 0 Å². The number of hydrogen-bond donors (Lipinski definition) is 2. The first-order chi connectivity index (χ1) is 14.0. The van der Waals surface area contributed by atoms with Gasteiger partial charge in [0.25, 0.3) is 0 Å². The summed E-state index contributed by atoms with van der Waals surface area (Å²) in [6.07, 6.45) is 1.48. The van der Waals surface area contributed by atoms with E-state index in [0.717, 1.165) is 31.9 Å². The molecule has 150 valence electrons. The van der Waals surface area contributed by atoms with Gasteiger partial charge in [0.1, 0.15) is 17.8 Å². The van der Waals surface area contributed by atoms with Crippen LogP contribution in [-0.4, -0.2) is 36.1 Å². The van der Waals surface area contributed by atoms with Gasteiger partial charge < -0.3 is 20.9 Å². The number of piperazine rings is 1. The highest BCUT2D eigenvalue weighted by atomic mass is 35.5. The number of nitrogens with one attached hydrogen (secondary N) is 1. The maximum atomic E-state index is 13.1. The quantitative estimate of drug-likeness (QED) is 0.628. The molecule has 0 saturated carbocycles. The van der Waals surface area contributed by atoms with Crippen LogP contribution >= 0.6 is 23.2 Å². The van der Waals surface area contributed by atoms with Crippen LogP contribution in [0.5, 0.6) is 0 Å². The Morgan fingerprint density at radius 3 is 2.31 bits per heavy atom. The normalized spacial score (nSPS) is 14.2. The van der Waals surface area contributed by atoms with Gasteiger partial charge in [-0.05, 0) is 42.5 Å². The number of anilines is 5. The van der Waals surface area contributed by atoms with Crippen molar-refractivity contribution >= 4 is 51.9 Å². The van der Waals surface area contributed by atoms with Gasteiger partial charge in [0.15, 0.2) is 11.6 Å². The Bertz CT molecular complexity index is 1010. The van der Waals surface area contributed by atoms with E-state index in [1.807, 2.05) is 0 Å². The smallest absolute Gasteiger partial charge is 0.159 e. The number of nitrogens with two attached hydrogens (primary N) is 1. The van der Waals surface area contributed by atoms with Crippen LogP contribution < -0.4 is 20.9 Å². The SMILES string of the molecule is Nc1c(Nc2ccc(Cl)cc2Cl)ncnc1N1CCN(c2ccc(F)cc2)CC1. The van der Waals surface area contributed by atoms with E-state index in [9.17, 15) is 4.39 Å². The minimum atomic E-state index is -0.234. The van der Waals surface area contributed by atoms with Gasteiger partial charge in [0, 0.05) is 36.9 Å². The molecule has 0 unspecified atom stereocenters. The summed E-state index contributed by atoms with van der Waals surface area (Å²) in [5.74, 6) is 0.925. The molecule has 3 aromatic rings. The largest absolute Gasteiger partial charge is 0.393 e. The molecule has 0 radical (unpaired) electrons. The summed E-state index contributed by atoms with van der Waals surface area (Å²) in [6, 6.07) is 11.7. The second-order valence-electron chi connectivity index (χ2n) is 6.66. The van der Waals surface area contributed by atoms with E-state index >= 15 is 0 Å². The van der Waals surface area contributed by atoms with Crippen molar-refractivity contribution in [2.24, 2.45) is 0 Å². The Kier molecular flexibility index (Phi) is 5.60. The van der Waals surface area contributed by atoms with Crippen LogP contribution in [0, 0.1) is 5.82 Å². The third kappa shape index (κ3) is 4.31. The lowest BCUT2D eigenvalue weighted by Crippen LogP contribution is -2.47. The second kappa shape index (κ2) is 8.31. The van der Waals surface area contributed by atoms with Crippen molar-refractivity contribution in [3.05, 3.63) is 64.7 Å². The molecule has 1 aromatic heterocycles. The van der Waals surface area contributed by atoms with E-state index in [-0.39, 0.29) is 5.82 Å². The van der Waals surface area contributed by atoms with Crippen molar-refractivity contribution in [2.75, 3.05) is 47.0 Å². The molecule has 1 saturated heterocycles. The summed E-state index contributed by atoms with van der Waals surface area (Å²) in [5.41, 5.74) is 8.47. The lowest BCUT2D eigenvalue weighted by molar-refractivity contribution is 0.624. The molecular weight excluding hydrogens is 414 g/mol. The zero-order valence-electron chi connectivity index (χ0n) is 15.4. The topological polar surface area (TPSA) is 70.3 Å². The van der Waals surface area contributed by atoms with E-state index in [0.29, 0.717) is 33.1 Å². The van der Waals surface area contributed by atoms with E-state index in [1.54, 1.807) is 30.3 Å². The molecule has 4 rings (SSSR count). The van der Waals surface area contributed by atoms with Gasteiger partial charge >= 0.3 is 0 Å². The molecule has 2 aromatic carbocycles. The van der Waals surface area contributed by atoms with Crippen LogP contribution in [0.3, 0.4) is 0 Å². The lowest BCUT2D eigenvalue weighted by atomic mass is 10.2. The second-order valence-corrected chi connectivity index (χ2v) is 7.50. The van der Waals surface area contributed by atoms with E-state index < -0.39 is 0 Å². The molecule has 0 spiro atoms. The Morgan fingerprint density at radius 1 is 0.931 bits per heavy atom. The van der Waals surface area contributed by atoms with Crippen LogP contribution in [0.4, 0.5) is 33.1 Å². The first kappa shape index (κ1) is 19.5. The zero-order chi connectivity index (χ0) is 20.4. The van der Waals surface area contributed by atoms with Crippen molar-refractivity contribution in [1.82, 2.24) is 9.97 Å². The van der Waals surface area contributed by atoms with Crippen molar-refractivity contribution in [3.63, 3.8) is 0 Å². The number of benzene rings is 2. The number of aromatic nitrogens is 2. The fourth-order valence-corrected chi connectivity index (χ4v) is 3.74. The molecule has 1 fully saturated rings. The minimum absolute atomic E-state index is 0.234. The number of rotatable bonds is 4. The number of hydrogen-bond acceptors (Lipinski definition) is 6. The highest BCUT2D eigenvalue weighted by molar-refractivity contribution is 6.36. The Balaban J connectivity index is 1.48. The average molecular weight is 433 g/mol. The van der Waals surface area contributed by atoms with Gasteiger partial charge in [-0.15, -0.1) is 0 Å². The summed E-state index contributed by atoms with van der Waals surface area (Å²) >= 11 is 12.2. The summed E-state index contributed by atoms with van der Waals surface area (Å²) in [5, 5.41) is 4.18. The molecule has 0 amide bonds. The summed E-state index contributed by atoms with van der Waals surface area (Å²) < 4.78 is 13.1. The third-order valence-corrected chi connectivity index (χ3v) is 5.37. The zero-order valence-corrected chi connectivity index (χ0v) is 17.0. The Hall–Kier alpha value is -2.77. The molecule has 0 atom stereocenters. The predicted molar refractivity (Wildman–Crippen MR) is 117 cm³/mol. The van der Waals surface area contributed by atoms with Crippen molar-refractivity contribution in [1.29, 1.82) is 0 Å². The molecule has 29 heavy (non-hydrogen) atoms. The standard InChI is InChI=1S/C20H19Cl2FN6/c21-13-1-6-17(16(22)11-13)27-19-18(24)20(26-12-25-19)29-9-7-28(8-10-29)15-4-2-14(23)3-5-15/h1-6,11-12H,7-10,24H2,(H,25,26,27). The van der Waals surface area contributed by atoms with Crippen LogP contribution in [0.2, 0.25) is 10.0 Å². The van der Waals surface area contributed by atoms with Gasteiger partial charge in [0.05, 0.1) is 10.7 Å². The van der Waals surface area contributed by atoms with E-state index in [1.165, 1.54) is 18.5 Å². The van der Waals surface area contributed by atoms with Crippen LogP contribution in [0.15, 0.2) is 48.8 Å². The van der Waals surface area contributed by atoms with Crippen LogP contribution in [0.25, 0.3) is 0 Å². The molecule has 6 nitrogen and oxygen atoms in total. The molecule has 2 heterocycles. The minimum Gasteiger partial charge on any atom is -0.393 e. The number of nitrogens with zero attached hydrogens (tertiary/aromatic N) is 4. The maximum absolute atomic E-state index is 13.1. The fraction of sp³-hybridized carbons (Fsp3) is 0.200. The highest BCUT2D eigenvalue weighted by Crippen LogP contribution is 2.33. The Morgan fingerprint density at radius 2 is 1.62 bits per heavy atom.